The van der Waals surface area contributed by atoms with E-state index in [0.29, 0.717) is 5.54 Å². The Hall–Kier alpha value is -0.0800. The van der Waals surface area contributed by atoms with Crippen LogP contribution in [0.5, 0.6) is 0 Å². The predicted octanol–water partition coefficient (Wildman–Crippen LogP) is 2.54. The number of piperazine rings is 1. The standard InChI is InChI=1S/C14H26N2/c1-2-6-13(7-3-1)16-11-10-15-14(12-16)8-4-5-9-14/h13,15H,1-12H2. The van der Waals surface area contributed by atoms with Crippen molar-refractivity contribution in [3.05, 3.63) is 0 Å². The Morgan fingerprint density at radius 2 is 1.69 bits per heavy atom. The monoisotopic (exact) mass is 222 g/mol. The van der Waals surface area contributed by atoms with Gasteiger partial charge in [0, 0.05) is 31.2 Å². The molecule has 1 saturated heterocycles. The topological polar surface area (TPSA) is 15.3 Å². The summed E-state index contributed by atoms with van der Waals surface area (Å²) in [6.45, 7) is 3.88. The van der Waals surface area contributed by atoms with E-state index in [0.717, 1.165) is 6.04 Å². The van der Waals surface area contributed by atoms with Crippen molar-refractivity contribution in [1.29, 1.82) is 0 Å². The molecule has 0 radical (unpaired) electrons. The van der Waals surface area contributed by atoms with Crippen molar-refractivity contribution in [2.24, 2.45) is 0 Å². The molecule has 3 aliphatic rings. The number of nitrogens with one attached hydrogen (secondary N) is 1. The van der Waals surface area contributed by atoms with Crippen LogP contribution in [0.2, 0.25) is 0 Å². The Labute approximate surface area is 99.8 Å². The Balaban J connectivity index is 1.62. The largest absolute Gasteiger partial charge is 0.309 e. The van der Waals surface area contributed by atoms with Crippen LogP contribution in [0.25, 0.3) is 0 Å². The highest BCUT2D eigenvalue weighted by molar-refractivity contribution is 4.99. The molecule has 0 aromatic rings. The molecule has 1 heterocycles. The first-order valence-electron chi connectivity index (χ1n) is 7.37. The van der Waals surface area contributed by atoms with E-state index in [1.54, 1.807) is 0 Å². The lowest BCUT2D eigenvalue weighted by molar-refractivity contribution is 0.0756. The molecule has 1 N–H and O–H groups in total. The summed E-state index contributed by atoms with van der Waals surface area (Å²) >= 11 is 0. The molecule has 3 fully saturated rings. The number of nitrogens with zero attached hydrogens (tertiary/aromatic N) is 1. The molecule has 1 aliphatic heterocycles. The van der Waals surface area contributed by atoms with Gasteiger partial charge in [0.15, 0.2) is 0 Å². The van der Waals surface area contributed by atoms with Gasteiger partial charge in [0.1, 0.15) is 0 Å². The zero-order valence-electron chi connectivity index (χ0n) is 10.5. The molecule has 3 rings (SSSR count). The maximum Gasteiger partial charge on any atom is 0.0309 e. The van der Waals surface area contributed by atoms with Gasteiger partial charge in [0.05, 0.1) is 0 Å². The summed E-state index contributed by atoms with van der Waals surface area (Å²) in [5.41, 5.74) is 0.524. The molecule has 0 unspecified atom stereocenters. The lowest BCUT2D eigenvalue weighted by Crippen LogP contribution is -2.61. The minimum atomic E-state index is 0.524. The van der Waals surface area contributed by atoms with Crippen molar-refractivity contribution in [2.75, 3.05) is 19.6 Å². The van der Waals surface area contributed by atoms with E-state index in [1.165, 1.54) is 77.4 Å². The third kappa shape index (κ3) is 2.14. The van der Waals surface area contributed by atoms with Gasteiger partial charge >= 0.3 is 0 Å². The first kappa shape index (κ1) is 11.0. The molecular weight excluding hydrogens is 196 g/mol. The van der Waals surface area contributed by atoms with Crippen LogP contribution in [0, 0.1) is 0 Å². The van der Waals surface area contributed by atoms with Gasteiger partial charge in [-0.2, -0.15) is 0 Å². The summed E-state index contributed by atoms with van der Waals surface area (Å²) in [6, 6.07) is 0.924. The molecule has 0 atom stereocenters. The summed E-state index contributed by atoms with van der Waals surface area (Å²) < 4.78 is 0. The predicted molar refractivity (Wildman–Crippen MR) is 67.6 cm³/mol. The molecule has 0 aromatic carbocycles. The van der Waals surface area contributed by atoms with Gasteiger partial charge in [-0.1, -0.05) is 32.1 Å². The van der Waals surface area contributed by atoms with Crippen molar-refractivity contribution in [3.8, 4) is 0 Å². The lowest BCUT2D eigenvalue weighted by Gasteiger charge is -2.46. The van der Waals surface area contributed by atoms with Crippen LogP contribution in [-0.4, -0.2) is 36.1 Å². The fourth-order valence-corrected chi connectivity index (χ4v) is 4.13. The Morgan fingerprint density at radius 1 is 0.938 bits per heavy atom. The quantitative estimate of drug-likeness (QED) is 0.733. The van der Waals surface area contributed by atoms with E-state index < -0.39 is 0 Å². The third-order valence-electron chi connectivity index (χ3n) is 5.06. The highest BCUT2D eigenvalue weighted by atomic mass is 15.2. The van der Waals surface area contributed by atoms with Gasteiger partial charge in [0.25, 0.3) is 0 Å². The number of hydrogen-bond acceptors (Lipinski definition) is 2. The zero-order chi connectivity index (χ0) is 10.8. The third-order valence-corrected chi connectivity index (χ3v) is 5.06. The summed E-state index contributed by atoms with van der Waals surface area (Å²) in [5, 5.41) is 3.82. The number of rotatable bonds is 1. The second kappa shape index (κ2) is 4.66. The molecule has 1 spiro atoms. The van der Waals surface area contributed by atoms with Gasteiger partial charge in [-0.25, -0.2) is 0 Å². The highest BCUT2D eigenvalue weighted by Crippen LogP contribution is 2.34. The maximum atomic E-state index is 3.82. The van der Waals surface area contributed by atoms with Gasteiger partial charge in [-0.05, 0) is 25.7 Å². The van der Waals surface area contributed by atoms with Crippen molar-refractivity contribution >= 4 is 0 Å². The summed E-state index contributed by atoms with van der Waals surface area (Å²) in [4.78, 5) is 2.82. The summed E-state index contributed by atoms with van der Waals surface area (Å²) in [7, 11) is 0. The van der Waals surface area contributed by atoms with Crippen molar-refractivity contribution < 1.29 is 0 Å². The van der Waals surface area contributed by atoms with E-state index in [9.17, 15) is 0 Å². The Kier molecular flexibility index (Phi) is 3.21. The Morgan fingerprint density at radius 3 is 2.44 bits per heavy atom. The fraction of sp³-hybridized carbons (Fsp3) is 1.00. The molecule has 92 valence electrons. The molecular formula is C14H26N2. The molecule has 16 heavy (non-hydrogen) atoms. The van der Waals surface area contributed by atoms with E-state index in [1.807, 2.05) is 0 Å². The van der Waals surface area contributed by atoms with Crippen LogP contribution in [0.3, 0.4) is 0 Å². The van der Waals surface area contributed by atoms with Crippen LogP contribution in [0.4, 0.5) is 0 Å². The van der Waals surface area contributed by atoms with Crippen molar-refractivity contribution in [3.63, 3.8) is 0 Å². The molecule has 0 amide bonds. The van der Waals surface area contributed by atoms with Gasteiger partial charge in [-0.3, -0.25) is 4.90 Å². The number of hydrogen-bond donors (Lipinski definition) is 1. The van der Waals surface area contributed by atoms with E-state index in [-0.39, 0.29) is 0 Å². The first-order chi connectivity index (χ1) is 7.88. The SMILES string of the molecule is C1CCC(N2CCNC3(CCCC3)C2)CC1. The smallest absolute Gasteiger partial charge is 0.0309 e. The molecule has 0 bridgehead atoms. The minimum Gasteiger partial charge on any atom is -0.309 e. The highest BCUT2D eigenvalue weighted by Gasteiger charge is 2.39. The van der Waals surface area contributed by atoms with Gasteiger partial charge in [0.2, 0.25) is 0 Å². The van der Waals surface area contributed by atoms with Crippen molar-refractivity contribution in [1.82, 2.24) is 10.2 Å². The minimum absolute atomic E-state index is 0.524. The molecule has 2 aliphatic carbocycles. The van der Waals surface area contributed by atoms with E-state index in [2.05, 4.69) is 10.2 Å². The molecule has 2 saturated carbocycles. The van der Waals surface area contributed by atoms with Crippen LogP contribution in [0.15, 0.2) is 0 Å². The zero-order valence-corrected chi connectivity index (χ0v) is 10.5. The van der Waals surface area contributed by atoms with E-state index >= 15 is 0 Å². The van der Waals surface area contributed by atoms with Crippen LogP contribution in [-0.2, 0) is 0 Å². The maximum absolute atomic E-state index is 3.82. The summed E-state index contributed by atoms with van der Waals surface area (Å²) in [6.07, 6.45) is 13.1. The molecule has 2 nitrogen and oxygen atoms in total. The normalized spacial score (nSPS) is 32.2. The average Bonchev–Trinajstić information content (AvgIpc) is 2.78. The van der Waals surface area contributed by atoms with Crippen LogP contribution in [0.1, 0.15) is 57.8 Å². The molecule has 2 heteroatoms. The first-order valence-corrected chi connectivity index (χ1v) is 7.37. The fourth-order valence-electron chi connectivity index (χ4n) is 4.13. The summed E-state index contributed by atoms with van der Waals surface area (Å²) in [5.74, 6) is 0. The average molecular weight is 222 g/mol. The van der Waals surface area contributed by atoms with Crippen molar-refractivity contribution in [2.45, 2.75) is 69.4 Å². The molecule has 0 aromatic heterocycles. The van der Waals surface area contributed by atoms with Crippen LogP contribution < -0.4 is 5.32 Å². The second-order valence-corrected chi connectivity index (χ2v) is 6.18. The van der Waals surface area contributed by atoms with Gasteiger partial charge in [-0.15, -0.1) is 0 Å². The lowest BCUT2D eigenvalue weighted by atomic mass is 9.89. The van der Waals surface area contributed by atoms with Gasteiger partial charge < -0.3 is 5.32 Å². The van der Waals surface area contributed by atoms with Crippen LogP contribution >= 0.6 is 0 Å². The van der Waals surface area contributed by atoms with E-state index in [4.69, 9.17) is 0 Å². The second-order valence-electron chi connectivity index (χ2n) is 6.18. The Bertz CT molecular complexity index is 227.